The van der Waals surface area contributed by atoms with Crippen molar-refractivity contribution in [3.63, 3.8) is 0 Å². The highest BCUT2D eigenvalue weighted by Gasteiger charge is 2.32. The minimum atomic E-state index is -4.10. The van der Waals surface area contributed by atoms with Crippen molar-refractivity contribution in [3.05, 3.63) is 29.3 Å². The second-order valence-electron chi connectivity index (χ2n) is 11.1. The van der Waals surface area contributed by atoms with Gasteiger partial charge in [0.25, 0.3) is 0 Å². The molecular formula is C31H54ClN5O5S. The van der Waals surface area contributed by atoms with Gasteiger partial charge in [-0.25, -0.2) is 8.42 Å². The van der Waals surface area contributed by atoms with Crippen molar-refractivity contribution in [3.8, 4) is 0 Å². The molecule has 0 saturated heterocycles. The Morgan fingerprint density at radius 3 is 1.98 bits per heavy atom. The van der Waals surface area contributed by atoms with Crippen LogP contribution in [0.3, 0.4) is 0 Å². The number of benzene rings is 1. The van der Waals surface area contributed by atoms with Crippen LogP contribution in [-0.4, -0.2) is 62.2 Å². The van der Waals surface area contributed by atoms with Crippen molar-refractivity contribution < 1.29 is 22.8 Å². The van der Waals surface area contributed by atoms with E-state index in [-0.39, 0.29) is 23.9 Å². The molecule has 0 saturated carbocycles. The molecule has 246 valence electrons. The number of rotatable bonds is 25. The minimum Gasteiger partial charge on any atom is -0.368 e. The lowest BCUT2D eigenvalue weighted by atomic mass is 10.0. The molecule has 0 bridgehead atoms. The van der Waals surface area contributed by atoms with Gasteiger partial charge in [0, 0.05) is 24.5 Å². The lowest BCUT2D eigenvalue weighted by molar-refractivity contribution is -0.129. The first kappa shape index (κ1) is 38.8. The van der Waals surface area contributed by atoms with Crippen molar-refractivity contribution in [1.82, 2.24) is 14.9 Å². The molecule has 6 N–H and O–H groups in total. The van der Waals surface area contributed by atoms with Gasteiger partial charge in [0.15, 0.2) is 0 Å². The number of amides is 3. The van der Waals surface area contributed by atoms with Gasteiger partial charge < -0.3 is 22.1 Å². The zero-order valence-electron chi connectivity index (χ0n) is 26.1. The van der Waals surface area contributed by atoms with Crippen LogP contribution in [0.1, 0.15) is 110 Å². The highest BCUT2D eigenvalue weighted by molar-refractivity contribution is 7.89. The highest BCUT2D eigenvalue weighted by atomic mass is 35.5. The van der Waals surface area contributed by atoms with Gasteiger partial charge >= 0.3 is 0 Å². The van der Waals surface area contributed by atoms with E-state index in [2.05, 4.69) is 17.6 Å². The zero-order chi connectivity index (χ0) is 32.1. The third kappa shape index (κ3) is 15.9. The number of hydrogen-bond acceptors (Lipinski definition) is 6. The second-order valence-corrected chi connectivity index (χ2v) is 13.5. The Bertz CT molecular complexity index is 1060. The zero-order valence-corrected chi connectivity index (χ0v) is 27.7. The predicted molar refractivity (Wildman–Crippen MR) is 173 cm³/mol. The molecular weight excluding hydrogens is 590 g/mol. The molecule has 43 heavy (non-hydrogen) atoms. The van der Waals surface area contributed by atoms with Gasteiger partial charge in [-0.1, -0.05) is 82.7 Å². The van der Waals surface area contributed by atoms with Crippen LogP contribution in [0, 0.1) is 0 Å². The van der Waals surface area contributed by atoms with Crippen LogP contribution in [-0.2, 0) is 24.4 Å². The van der Waals surface area contributed by atoms with Crippen molar-refractivity contribution in [2.45, 2.75) is 127 Å². The summed E-state index contributed by atoms with van der Waals surface area (Å²) in [5.41, 5.74) is 11.0. The summed E-state index contributed by atoms with van der Waals surface area (Å²) in [5.74, 6) is -1.42. The van der Waals surface area contributed by atoms with Crippen molar-refractivity contribution >= 4 is 39.3 Å². The summed E-state index contributed by atoms with van der Waals surface area (Å²) in [5, 5.41) is 5.93. The highest BCUT2D eigenvalue weighted by Crippen LogP contribution is 2.20. The smallest absolute Gasteiger partial charge is 0.243 e. The van der Waals surface area contributed by atoms with Crippen molar-refractivity contribution in [2.24, 2.45) is 11.5 Å². The molecule has 1 aromatic rings. The number of nitrogens with zero attached hydrogens (tertiary/aromatic N) is 1. The Balaban J connectivity index is 2.61. The first-order valence-electron chi connectivity index (χ1n) is 15.9. The molecule has 0 unspecified atom stereocenters. The number of primary amides is 1. The van der Waals surface area contributed by atoms with Crippen LogP contribution in [0.2, 0.25) is 5.02 Å². The summed E-state index contributed by atoms with van der Waals surface area (Å²) in [6.07, 6.45) is 15.2. The van der Waals surface area contributed by atoms with Crippen LogP contribution in [0.4, 0.5) is 0 Å². The van der Waals surface area contributed by atoms with Crippen molar-refractivity contribution in [2.75, 3.05) is 19.6 Å². The van der Waals surface area contributed by atoms with Gasteiger partial charge in [0.05, 0.1) is 4.90 Å². The van der Waals surface area contributed by atoms with E-state index in [0.29, 0.717) is 37.3 Å². The number of carbonyl (C=O) groups is 3. The number of unbranched alkanes of at least 4 members (excludes halogenated alkanes) is 11. The number of carbonyl (C=O) groups excluding carboxylic acids is 3. The number of sulfonamides is 1. The van der Waals surface area contributed by atoms with E-state index >= 15 is 0 Å². The first-order chi connectivity index (χ1) is 20.5. The van der Waals surface area contributed by atoms with E-state index < -0.39 is 33.9 Å². The molecule has 2 atom stereocenters. The minimum absolute atomic E-state index is 0.0503. The topological polar surface area (TPSA) is 165 Å². The molecule has 12 heteroatoms. The van der Waals surface area contributed by atoms with E-state index in [1.807, 2.05) is 0 Å². The standard InChI is InChI=1S/C31H54ClN5O5S/c1-3-4-5-6-7-8-9-10-11-12-13-17-29(38)36-28(16-14-15-22-33)31(40)35-23-24-37(25(2)30(34)39)43(41,42)27-20-18-26(32)19-21-27/h18-21,25,28H,3-17,22-24,33H2,1-2H3,(H2,34,39)(H,35,40)(H,36,38)/t25-,28-/m0/s1. The van der Waals surface area contributed by atoms with Gasteiger partial charge in [-0.3, -0.25) is 14.4 Å². The fourth-order valence-electron chi connectivity index (χ4n) is 4.80. The Hall–Kier alpha value is -2.21. The average Bonchev–Trinajstić information content (AvgIpc) is 2.97. The predicted octanol–water partition coefficient (Wildman–Crippen LogP) is 4.64. The molecule has 1 rings (SSSR count). The number of halogens is 1. The maximum absolute atomic E-state index is 13.3. The summed E-state index contributed by atoms with van der Waals surface area (Å²) in [4.78, 5) is 37.6. The first-order valence-corrected chi connectivity index (χ1v) is 17.7. The Kier molecular flexibility index (Phi) is 20.1. The van der Waals surface area contributed by atoms with E-state index in [0.717, 1.165) is 23.6 Å². The van der Waals surface area contributed by atoms with Gasteiger partial charge in [0.2, 0.25) is 27.7 Å². The third-order valence-electron chi connectivity index (χ3n) is 7.50. The Morgan fingerprint density at radius 1 is 0.884 bits per heavy atom. The number of hydrogen-bond donors (Lipinski definition) is 4. The quantitative estimate of drug-likeness (QED) is 0.113. The van der Waals surface area contributed by atoms with E-state index in [9.17, 15) is 22.8 Å². The average molecular weight is 644 g/mol. The maximum Gasteiger partial charge on any atom is 0.243 e. The van der Waals surface area contributed by atoms with Crippen LogP contribution >= 0.6 is 11.6 Å². The maximum atomic E-state index is 13.3. The fraction of sp³-hybridized carbons (Fsp3) is 0.710. The molecule has 0 spiro atoms. The molecule has 0 aliphatic rings. The lowest BCUT2D eigenvalue weighted by Crippen LogP contribution is -2.51. The molecule has 0 fully saturated rings. The van der Waals surface area contributed by atoms with Gasteiger partial charge in [-0.2, -0.15) is 4.31 Å². The molecule has 1 aromatic carbocycles. The molecule has 3 amide bonds. The summed E-state index contributed by atoms with van der Waals surface area (Å²) >= 11 is 5.89. The van der Waals surface area contributed by atoms with Gasteiger partial charge in [0.1, 0.15) is 12.1 Å². The van der Waals surface area contributed by atoms with E-state index in [1.165, 1.54) is 82.6 Å². The lowest BCUT2D eigenvalue weighted by Gasteiger charge is -2.27. The molecule has 0 radical (unpaired) electrons. The second kappa shape index (κ2) is 22.3. The number of nitrogens with two attached hydrogens (primary N) is 2. The Labute approximate surface area is 264 Å². The van der Waals surface area contributed by atoms with Crippen LogP contribution in [0.15, 0.2) is 29.2 Å². The Morgan fingerprint density at radius 2 is 1.44 bits per heavy atom. The summed E-state index contributed by atoms with van der Waals surface area (Å²) in [7, 11) is -4.10. The summed E-state index contributed by atoms with van der Waals surface area (Å²) in [6.45, 7) is 3.82. The number of nitrogens with one attached hydrogen (secondary N) is 2. The summed E-state index contributed by atoms with van der Waals surface area (Å²) in [6, 6.07) is 3.65. The van der Waals surface area contributed by atoms with E-state index in [4.69, 9.17) is 23.1 Å². The monoisotopic (exact) mass is 643 g/mol. The molecule has 0 aliphatic carbocycles. The SMILES string of the molecule is CCCCCCCCCCCCCC(=O)N[C@@H](CCCCN)C(=O)NCCN([C@@H](C)C(N)=O)S(=O)(=O)c1ccc(Cl)cc1. The third-order valence-corrected chi connectivity index (χ3v) is 9.74. The van der Waals surface area contributed by atoms with E-state index in [1.54, 1.807) is 0 Å². The molecule has 0 heterocycles. The van der Waals surface area contributed by atoms with Crippen LogP contribution in [0.5, 0.6) is 0 Å². The van der Waals surface area contributed by atoms with Crippen molar-refractivity contribution in [1.29, 1.82) is 0 Å². The van der Waals surface area contributed by atoms with Crippen LogP contribution in [0.25, 0.3) is 0 Å². The molecule has 10 nitrogen and oxygen atoms in total. The normalized spacial score (nSPS) is 13.0. The fourth-order valence-corrected chi connectivity index (χ4v) is 6.52. The summed E-state index contributed by atoms with van der Waals surface area (Å²) < 4.78 is 27.5. The van der Waals surface area contributed by atoms with Crippen LogP contribution < -0.4 is 22.1 Å². The molecule has 0 aromatic heterocycles. The van der Waals surface area contributed by atoms with Gasteiger partial charge in [-0.05, 0) is 63.4 Å². The van der Waals surface area contributed by atoms with Gasteiger partial charge in [-0.15, -0.1) is 0 Å². The molecule has 0 aliphatic heterocycles. The largest absolute Gasteiger partial charge is 0.368 e.